The Morgan fingerprint density at radius 2 is 1.89 bits per heavy atom. The molecule has 0 fully saturated rings. The first kappa shape index (κ1) is 13.9. The van der Waals surface area contributed by atoms with Crippen molar-refractivity contribution in [3.8, 4) is 17.0 Å². The Balaban J connectivity index is 2.48. The van der Waals surface area contributed by atoms with Crippen LogP contribution in [0.25, 0.3) is 11.3 Å². The monoisotopic (exact) mass is 372 g/mol. The molecule has 0 N–H and O–H groups in total. The minimum Gasteiger partial charge on any atom is -0.497 e. The Bertz CT molecular complexity index is 605. The molecule has 1 heterocycles. The van der Waals surface area contributed by atoms with Crippen LogP contribution in [0.5, 0.6) is 5.75 Å². The molecule has 0 amide bonds. The van der Waals surface area contributed by atoms with E-state index in [1.165, 1.54) is 11.8 Å². The van der Waals surface area contributed by atoms with Gasteiger partial charge in [0.1, 0.15) is 11.4 Å². The fourth-order valence-corrected chi connectivity index (χ4v) is 2.74. The Kier molecular flexibility index (Phi) is 4.08. The highest BCUT2D eigenvalue weighted by molar-refractivity contribution is 14.1. The average Bonchev–Trinajstić information content (AvgIpc) is 2.73. The summed E-state index contributed by atoms with van der Waals surface area (Å²) in [6.45, 7) is 0. The number of ether oxygens (including phenoxy) is 2. The van der Waals surface area contributed by atoms with Crippen LogP contribution in [-0.4, -0.2) is 30.0 Å². The third kappa shape index (κ3) is 2.58. The number of hydrogen-bond acceptors (Lipinski definition) is 4. The van der Waals surface area contributed by atoms with Gasteiger partial charge in [-0.05, 0) is 46.9 Å². The molecule has 2 rings (SSSR count). The lowest BCUT2D eigenvalue weighted by Gasteiger charge is -2.01. The van der Waals surface area contributed by atoms with Gasteiger partial charge in [0.2, 0.25) is 0 Å². The first-order chi connectivity index (χ1) is 9.08. The van der Waals surface area contributed by atoms with Gasteiger partial charge in [0, 0.05) is 12.6 Å². The van der Waals surface area contributed by atoms with Crippen molar-refractivity contribution in [2.75, 3.05) is 14.2 Å². The Hall–Kier alpha value is -1.57. The number of nitrogens with zero attached hydrogens (tertiary/aromatic N) is 2. The van der Waals surface area contributed by atoms with Crippen LogP contribution in [0.3, 0.4) is 0 Å². The van der Waals surface area contributed by atoms with E-state index in [9.17, 15) is 4.79 Å². The second-order valence-electron chi connectivity index (χ2n) is 3.85. The number of esters is 1. The standard InChI is InChI=1S/C13H13IN2O3/c1-16-12(13(17)19-3)10(14)11(15-16)8-4-6-9(18-2)7-5-8/h4-7H,1-3H3. The van der Waals surface area contributed by atoms with Gasteiger partial charge in [-0.3, -0.25) is 4.68 Å². The number of carbonyl (C=O) groups is 1. The predicted octanol–water partition coefficient (Wildman–Crippen LogP) is 2.49. The van der Waals surface area contributed by atoms with Crippen LogP contribution in [0.15, 0.2) is 24.3 Å². The second kappa shape index (κ2) is 5.60. The summed E-state index contributed by atoms with van der Waals surface area (Å²) in [7, 11) is 4.70. The van der Waals surface area contributed by atoms with Gasteiger partial charge in [0.15, 0.2) is 5.69 Å². The number of carbonyl (C=O) groups excluding carboxylic acids is 1. The van der Waals surface area contributed by atoms with Crippen molar-refractivity contribution in [3.63, 3.8) is 0 Å². The van der Waals surface area contributed by atoms with Crippen LogP contribution >= 0.6 is 22.6 Å². The molecule has 0 unspecified atom stereocenters. The lowest BCUT2D eigenvalue weighted by molar-refractivity contribution is 0.0587. The zero-order valence-corrected chi connectivity index (χ0v) is 13.0. The van der Waals surface area contributed by atoms with Crippen LogP contribution in [0.1, 0.15) is 10.5 Å². The molecule has 0 aliphatic heterocycles. The van der Waals surface area contributed by atoms with Gasteiger partial charge in [-0.25, -0.2) is 4.79 Å². The fraction of sp³-hybridized carbons (Fsp3) is 0.231. The van der Waals surface area contributed by atoms with Crippen LogP contribution in [0.2, 0.25) is 0 Å². The van der Waals surface area contributed by atoms with Crippen molar-refractivity contribution in [2.24, 2.45) is 7.05 Å². The largest absolute Gasteiger partial charge is 0.497 e. The van der Waals surface area contributed by atoms with Crippen molar-refractivity contribution < 1.29 is 14.3 Å². The van der Waals surface area contributed by atoms with Gasteiger partial charge in [0.25, 0.3) is 0 Å². The van der Waals surface area contributed by atoms with E-state index < -0.39 is 0 Å². The molecule has 0 aliphatic rings. The minimum absolute atomic E-state index is 0.390. The van der Waals surface area contributed by atoms with E-state index in [0.29, 0.717) is 5.69 Å². The van der Waals surface area contributed by atoms with Gasteiger partial charge in [-0.15, -0.1) is 0 Å². The van der Waals surface area contributed by atoms with Gasteiger partial charge in [-0.2, -0.15) is 5.10 Å². The summed E-state index contributed by atoms with van der Waals surface area (Å²) in [6, 6.07) is 7.53. The van der Waals surface area contributed by atoms with E-state index in [1.54, 1.807) is 14.2 Å². The number of aryl methyl sites for hydroxylation is 1. The molecule has 100 valence electrons. The molecule has 0 atom stereocenters. The molecule has 0 bridgehead atoms. The third-order valence-corrected chi connectivity index (χ3v) is 3.75. The van der Waals surface area contributed by atoms with Crippen LogP contribution in [0.4, 0.5) is 0 Å². The number of hydrogen-bond donors (Lipinski definition) is 0. The normalized spacial score (nSPS) is 10.3. The highest BCUT2D eigenvalue weighted by atomic mass is 127. The quantitative estimate of drug-likeness (QED) is 0.614. The SMILES string of the molecule is COC(=O)c1c(I)c(-c2ccc(OC)cc2)nn1C. The summed E-state index contributed by atoms with van der Waals surface area (Å²) in [4.78, 5) is 11.7. The number of aromatic nitrogens is 2. The predicted molar refractivity (Wildman–Crippen MR) is 79.3 cm³/mol. The summed E-state index contributed by atoms with van der Waals surface area (Å²) < 4.78 is 12.2. The van der Waals surface area contributed by atoms with Crippen molar-refractivity contribution in [1.29, 1.82) is 0 Å². The summed E-state index contributed by atoms with van der Waals surface area (Å²) in [5, 5.41) is 4.37. The van der Waals surface area contributed by atoms with E-state index in [-0.39, 0.29) is 5.97 Å². The van der Waals surface area contributed by atoms with Crippen LogP contribution in [0, 0.1) is 3.57 Å². The maximum Gasteiger partial charge on any atom is 0.357 e. The highest BCUT2D eigenvalue weighted by Crippen LogP contribution is 2.28. The third-order valence-electron chi connectivity index (χ3n) is 2.73. The topological polar surface area (TPSA) is 53.4 Å². The summed E-state index contributed by atoms with van der Waals surface area (Å²) in [5.41, 5.74) is 2.14. The number of methoxy groups -OCH3 is 2. The Morgan fingerprint density at radius 3 is 2.42 bits per heavy atom. The molecular weight excluding hydrogens is 359 g/mol. The average molecular weight is 372 g/mol. The number of halogens is 1. The van der Waals surface area contributed by atoms with Crippen LogP contribution < -0.4 is 4.74 Å². The molecule has 0 radical (unpaired) electrons. The van der Waals surface area contributed by atoms with Gasteiger partial charge in [-0.1, -0.05) is 0 Å². The van der Waals surface area contributed by atoms with Crippen molar-refractivity contribution in [1.82, 2.24) is 9.78 Å². The van der Waals surface area contributed by atoms with Crippen molar-refractivity contribution >= 4 is 28.6 Å². The van der Waals surface area contributed by atoms with Gasteiger partial charge in [0.05, 0.1) is 17.8 Å². The molecule has 6 heteroatoms. The summed E-state index contributed by atoms with van der Waals surface area (Å²) in [5.74, 6) is 0.391. The minimum atomic E-state index is -0.390. The highest BCUT2D eigenvalue weighted by Gasteiger charge is 2.21. The van der Waals surface area contributed by atoms with E-state index in [0.717, 1.165) is 20.6 Å². The van der Waals surface area contributed by atoms with Crippen molar-refractivity contribution in [2.45, 2.75) is 0 Å². The molecule has 0 saturated heterocycles. The van der Waals surface area contributed by atoms with E-state index in [4.69, 9.17) is 9.47 Å². The second-order valence-corrected chi connectivity index (χ2v) is 4.93. The zero-order chi connectivity index (χ0) is 14.0. The smallest absolute Gasteiger partial charge is 0.357 e. The molecule has 0 aliphatic carbocycles. The van der Waals surface area contributed by atoms with E-state index in [2.05, 4.69) is 27.7 Å². The summed E-state index contributed by atoms with van der Waals surface area (Å²) >= 11 is 2.11. The molecule has 1 aromatic carbocycles. The van der Waals surface area contributed by atoms with E-state index >= 15 is 0 Å². The Morgan fingerprint density at radius 1 is 1.26 bits per heavy atom. The summed E-state index contributed by atoms with van der Waals surface area (Å²) in [6.07, 6.45) is 0. The molecule has 0 saturated carbocycles. The van der Waals surface area contributed by atoms with Gasteiger partial charge >= 0.3 is 5.97 Å². The maximum absolute atomic E-state index is 11.7. The lowest BCUT2D eigenvalue weighted by Crippen LogP contribution is -2.09. The fourth-order valence-electron chi connectivity index (χ4n) is 1.75. The van der Waals surface area contributed by atoms with Crippen LogP contribution in [-0.2, 0) is 11.8 Å². The maximum atomic E-state index is 11.7. The van der Waals surface area contributed by atoms with Crippen molar-refractivity contribution in [3.05, 3.63) is 33.5 Å². The van der Waals surface area contributed by atoms with Gasteiger partial charge < -0.3 is 9.47 Å². The molecular formula is C13H13IN2O3. The molecule has 0 spiro atoms. The molecule has 1 aromatic heterocycles. The first-order valence-corrected chi connectivity index (χ1v) is 6.61. The molecule has 19 heavy (non-hydrogen) atoms. The molecule has 5 nitrogen and oxygen atoms in total. The zero-order valence-electron chi connectivity index (χ0n) is 10.8. The van der Waals surface area contributed by atoms with E-state index in [1.807, 2.05) is 24.3 Å². The lowest BCUT2D eigenvalue weighted by atomic mass is 10.1. The molecule has 2 aromatic rings. The number of rotatable bonds is 3. The number of benzene rings is 1. The Labute approximate surface area is 124 Å². The first-order valence-electron chi connectivity index (χ1n) is 5.53.